The smallest absolute Gasteiger partial charge is 0.331 e. The number of furan rings is 1. The van der Waals surface area contributed by atoms with Gasteiger partial charge >= 0.3 is 5.97 Å². The van der Waals surface area contributed by atoms with E-state index in [1.54, 1.807) is 30.3 Å². The number of ether oxygens (including phenoxy) is 3. The van der Waals surface area contributed by atoms with Crippen LogP contribution in [0, 0.1) is 6.92 Å². The Morgan fingerprint density at radius 3 is 2.68 bits per heavy atom. The molecule has 1 N–H and O–H groups in total. The summed E-state index contributed by atoms with van der Waals surface area (Å²) in [5, 5.41) is 2.69. The number of anilines is 1. The zero-order valence-electron chi connectivity index (χ0n) is 15.5. The summed E-state index contributed by atoms with van der Waals surface area (Å²) in [5.41, 5.74) is 0.556. The molecule has 1 spiro atoms. The first-order valence-electron chi connectivity index (χ1n) is 9.25. The lowest BCUT2D eigenvalue weighted by Gasteiger charge is -2.21. The lowest BCUT2D eigenvalue weighted by atomic mass is 10.2. The Labute approximate surface area is 162 Å². The van der Waals surface area contributed by atoms with E-state index in [9.17, 15) is 9.59 Å². The predicted molar refractivity (Wildman–Crippen MR) is 101 cm³/mol. The molecule has 2 aliphatic rings. The van der Waals surface area contributed by atoms with Crippen LogP contribution in [0.3, 0.4) is 0 Å². The molecular formula is C21H21NO6. The van der Waals surface area contributed by atoms with Crippen LogP contribution in [-0.2, 0) is 14.3 Å². The molecule has 0 radical (unpaired) electrons. The highest BCUT2D eigenvalue weighted by Gasteiger charge is 2.44. The van der Waals surface area contributed by atoms with Crippen LogP contribution in [0.15, 0.2) is 40.8 Å². The maximum atomic E-state index is 12.0. The average Bonchev–Trinajstić information content (AvgIpc) is 3.38. The first-order chi connectivity index (χ1) is 13.5. The molecule has 7 heteroatoms. The minimum atomic E-state index is -0.627. The Morgan fingerprint density at radius 1 is 1.14 bits per heavy atom. The second-order valence-corrected chi connectivity index (χ2v) is 6.92. The fourth-order valence-corrected chi connectivity index (χ4v) is 3.36. The van der Waals surface area contributed by atoms with Crippen molar-refractivity contribution >= 4 is 23.6 Å². The molecule has 0 bridgehead atoms. The van der Waals surface area contributed by atoms with Gasteiger partial charge in [-0.05, 0) is 50.1 Å². The molecule has 1 aliphatic heterocycles. The lowest BCUT2D eigenvalue weighted by Crippen LogP contribution is -2.34. The summed E-state index contributed by atoms with van der Waals surface area (Å²) in [6.45, 7) is 1.42. The van der Waals surface area contributed by atoms with Crippen LogP contribution in [0.2, 0.25) is 0 Å². The molecule has 0 saturated heterocycles. The number of carbonyl (C=O) groups is 2. The number of aryl methyl sites for hydroxylation is 1. The molecule has 1 saturated carbocycles. The van der Waals surface area contributed by atoms with Crippen LogP contribution < -0.4 is 14.8 Å². The molecular weight excluding hydrogens is 362 g/mol. The second kappa shape index (κ2) is 7.42. The highest BCUT2D eigenvalue weighted by molar-refractivity contribution is 5.94. The number of amides is 1. The standard InChI is InChI=1S/C21H21NO6/c1-14-4-6-16(26-14)7-9-20(24)25-13-19(23)22-15-5-8-17-18(12-15)28-21(27-17)10-2-3-11-21/h4-9,12H,2-3,10-11,13H2,1H3,(H,22,23). The van der Waals surface area contributed by atoms with Crippen molar-refractivity contribution in [2.45, 2.75) is 38.4 Å². The summed E-state index contributed by atoms with van der Waals surface area (Å²) in [4.78, 5) is 23.8. The number of hydrogen-bond donors (Lipinski definition) is 1. The second-order valence-electron chi connectivity index (χ2n) is 6.92. The molecule has 2 heterocycles. The number of hydrogen-bond acceptors (Lipinski definition) is 6. The molecule has 0 unspecified atom stereocenters. The molecule has 1 aromatic carbocycles. The molecule has 7 nitrogen and oxygen atoms in total. The minimum absolute atomic E-state index is 0.390. The third-order valence-electron chi connectivity index (χ3n) is 4.68. The van der Waals surface area contributed by atoms with E-state index in [2.05, 4.69) is 5.32 Å². The highest BCUT2D eigenvalue weighted by Crippen LogP contribution is 2.47. The van der Waals surface area contributed by atoms with Crippen molar-refractivity contribution in [2.75, 3.05) is 11.9 Å². The monoisotopic (exact) mass is 383 g/mol. The summed E-state index contributed by atoms with van der Waals surface area (Å²) in [7, 11) is 0. The van der Waals surface area contributed by atoms with Gasteiger partial charge in [0.2, 0.25) is 0 Å². The molecule has 146 valence electrons. The largest absolute Gasteiger partial charge is 0.462 e. The normalized spacial score (nSPS) is 16.6. The molecule has 1 aromatic heterocycles. The van der Waals surface area contributed by atoms with Gasteiger partial charge in [-0.1, -0.05) is 0 Å². The van der Waals surface area contributed by atoms with Gasteiger partial charge in [0.15, 0.2) is 18.1 Å². The number of rotatable bonds is 5. The van der Waals surface area contributed by atoms with Crippen molar-refractivity contribution in [3.05, 3.63) is 47.9 Å². The quantitative estimate of drug-likeness (QED) is 0.624. The van der Waals surface area contributed by atoms with Crippen LogP contribution in [-0.4, -0.2) is 24.3 Å². The highest BCUT2D eigenvalue weighted by atomic mass is 16.7. The Hall–Kier alpha value is -3.22. The molecule has 2 aromatic rings. The first kappa shape index (κ1) is 18.2. The molecule has 1 fully saturated rings. The summed E-state index contributed by atoms with van der Waals surface area (Å²) < 4.78 is 22.2. The van der Waals surface area contributed by atoms with E-state index < -0.39 is 24.3 Å². The van der Waals surface area contributed by atoms with Crippen molar-refractivity contribution in [3.8, 4) is 11.5 Å². The van der Waals surface area contributed by atoms with Crippen LogP contribution in [0.1, 0.15) is 37.2 Å². The molecule has 0 atom stereocenters. The van der Waals surface area contributed by atoms with Gasteiger partial charge < -0.3 is 23.9 Å². The van der Waals surface area contributed by atoms with Crippen LogP contribution in [0.5, 0.6) is 11.5 Å². The maximum absolute atomic E-state index is 12.0. The Morgan fingerprint density at radius 2 is 1.93 bits per heavy atom. The van der Waals surface area contributed by atoms with Crippen molar-refractivity contribution in [1.29, 1.82) is 0 Å². The van der Waals surface area contributed by atoms with E-state index in [0.717, 1.165) is 31.4 Å². The fourth-order valence-electron chi connectivity index (χ4n) is 3.36. The molecule has 1 aliphatic carbocycles. The Balaban J connectivity index is 1.28. The summed E-state index contributed by atoms with van der Waals surface area (Å²) in [6.07, 6.45) is 6.60. The lowest BCUT2D eigenvalue weighted by molar-refractivity contribution is -0.142. The fraction of sp³-hybridized carbons (Fsp3) is 0.333. The summed E-state index contributed by atoms with van der Waals surface area (Å²) >= 11 is 0. The third-order valence-corrected chi connectivity index (χ3v) is 4.68. The van der Waals surface area contributed by atoms with Gasteiger partial charge in [0.1, 0.15) is 11.5 Å². The number of fused-ring (bicyclic) bond motifs is 1. The first-order valence-corrected chi connectivity index (χ1v) is 9.25. The van der Waals surface area contributed by atoms with Crippen molar-refractivity contribution in [1.82, 2.24) is 0 Å². The van der Waals surface area contributed by atoms with Crippen LogP contribution in [0.25, 0.3) is 6.08 Å². The van der Waals surface area contributed by atoms with Gasteiger partial charge in [0.25, 0.3) is 11.7 Å². The van der Waals surface area contributed by atoms with Crippen molar-refractivity contribution < 1.29 is 28.2 Å². The summed E-state index contributed by atoms with van der Waals surface area (Å²) in [5.74, 6) is 0.981. The van der Waals surface area contributed by atoms with Gasteiger partial charge in [-0.2, -0.15) is 0 Å². The van der Waals surface area contributed by atoms with Gasteiger partial charge in [0.05, 0.1) is 0 Å². The van der Waals surface area contributed by atoms with E-state index in [1.807, 2.05) is 6.92 Å². The Kier molecular flexibility index (Phi) is 4.81. The van der Waals surface area contributed by atoms with E-state index >= 15 is 0 Å². The third kappa shape index (κ3) is 4.03. The SMILES string of the molecule is Cc1ccc(C=CC(=O)OCC(=O)Nc2ccc3c(c2)OC2(CCCC2)O3)o1. The number of benzene rings is 1. The van der Waals surface area contributed by atoms with E-state index in [0.29, 0.717) is 22.9 Å². The van der Waals surface area contributed by atoms with E-state index in [1.165, 1.54) is 12.2 Å². The van der Waals surface area contributed by atoms with Crippen LogP contribution in [0.4, 0.5) is 5.69 Å². The topological polar surface area (TPSA) is 87.0 Å². The predicted octanol–water partition coefficient (Wildman–Crippen LogP) is 3.82. The Bertz CT molecular complexity index is 923. The van der Waals surface area contributed by atoms with Gasteiger partial charge in [0, 0.05) is 30.7 Å². The molecule has 28 heavy (non-hydrogen) atoms. The van der Waals surface area contributed by atoms with E-state index in [-0.39, 0.29) is 0 Å². The van der Waals surface area contributed by atoms with E-state index in [4.69, 9.17) is 18.6 Å². The van der Waals surface area contributed by atoms with Gasteiger partial charge in [-0.25, -0.2) is 4.79 Å². The van der Waals surface area contributed by atoms with Crippen molar-refractivity contribution in [2.24, 2.45) is 0 Å². The molecule has 1 amide bonds. The van der Waals surface area contributed by atoms with Gasteiger partial charge in [-0.15, -0.1) is 0 Å². The molecule has 4 rings (SSSR count). The zero-order valence-corrected chi connectivity index (χ0v) is 15.5. The average molecular weight is 383 g/mol. The maximum Gasteiger partial charge on any atom is 0.331 e. The minimum Gasteiger partial charge on any atom is -0.462 e. The van der Waals surface area contributed by atoms with Crippen LogP contribution >= 0.6 is 0 Å². The number of esters is 1. The summed E-state index contributed by atoms with van der Waals surface area (Å²) in [6, 6.07) is 8.76. The van der Waals surface area contributed by atoms with Crippen molar-refractivity contribution in [3.63, 3.8) is 0 Å². The number of nitrogens with one attached hydrogen (secondary N) is 1. The number of carbonyl (C=O) groups excluding carboxylic acids is 2. The zero-order chi connectivity index (χ0) is 19.6. The van der Waals surface area contributed by atoms with Gasteiger partial charge in [-0.3, -0.25) is 4.79 Å².